The number of rotatable bonds is 1. The van der Waals surface area contributed by atoms with Crippen LogP contribution in [0.4, 0.5) is 0 Å². The minimum atomic E-state index is -3.35. The highest BCUT2D eigenvalue weighted by Gasteiger charge is 2.12. The van der Waals surface area contributed by atoms with Gasteiger partial charge in [0, 0.05) is 6.26 Å². The summed E-state index contributed by atoms with van der Waals surface area (Å²) in [5.41, 5.74) is 0. The molecule has 0 heterocycles. The molecule has 0 atom stereocenters. The van der Waals surface area contributed by atoms with E-state index in [4.69, 9.17) is 0 Å². The maximum absolute atomic E-state index is 10.9. The molecule has 0 aliphatic rings. The van der Waals surface area contributed by atoms with Crippen LogP contribution in [0.5, 0.6) is 5.75 Å². The second-order valence-electron chi connectivity index (χ2n) is 2.22. The van der Waals surface area contributed by atoms with E-state index in [1.807, 2.05) is 0 Å². The fourth-order valence-corrected chi connectivity index (χ4v) is 1.52. The first-order valence-electron chi connectivity index (χ1n) is 2.98. The van der Waals surface area contributed by atoms with E-state index in [1.165, 1.54) is 24.3 Å². The summed E-state index contributed by atoms with van der Waals surface area (Å²) < 4.78 is 21.7. The Morgan fingerprint density at radius 1 is 1.18 bits per heavy atom. The lowest BCUT2D eigenvalue weighted by Gasteiger charge is -1.96. The molecule has 0 unspecified atom stereocenters. The normalized spacial score (nSPS) is 11.4. The van der Waals surface area contributed by atoms with Crippen molar-refractivity contribution in [2.45, 2.75) is 4.90 Å². The van der Waals surface area contributed by atoms with E-state index in [9.17, 15) is 13.5 Å². The summed E-state index contributed by atoms with van der Waals surface area (Å²) in [4.78, 5) is -0.139. The Morgan fingerprint density at radius 2 is 1.73 bits per heavy atom. The number of benzene rings is 1. The molecule has 1 aromatic rings. The molecule has 4 heteroatoms. The van der Waals surface area contributed by atoms with Crippen LogP contribution < -0.4 is 0 Å². The van der Waals surface area contributed by atoms with Gasteiger partial charge in [0.2, 0.25) is 0 Å². The van der Waals surface area contributed by atoms with Crippen LogP contribution in [0.1, 0.15) is 0 Å². The van der Waals surface area contributed by atoms with Crippen LogP contribution in [-0.4, -0.2) is 14.7 Å². The Labute approximate surface area is 65.2 Å². The smallest absolute Gasteiger partial charge is 0.197 e. The second-order valence-corrected chi connectivity index (χ2v) is 4.20. The predicted molar refractivity (Wildman–Crippen MR) is 39.7 cm³/mol. The summed E-state index contributed by atoms with van der Waals surface area (Å²) in [5.74, 6) is -0.449. The summed E-state index contributed by atoms with van der Waals surface area (Å²) in [6.07, 6.45) is 1.02. The van der Waals surface area contributed by atoms with Gasteiger partial charge >= 0.3 is 0 Å². The molecule has 0 aliphatic carbocycles. The Balaban J connectivity index is 3.37. The minimum absolute atomic E-state index is 0.139. The van der Waals surface area contributed by atoms with Gasteiger partial charge in [-0.25, -0.2) is 8.42 Å². The maximum Gasteiger partial charge on any atom is 0.197 e. The highest BCUT2D eigenvalue weighted by Crippen LogP contribution is 2.21. The van der Waals surface area contributed by atoms with E-state index in [2.05, 4.69) is 0 Å². The summed E-state index contributed by atoms with van der Waals surface area (Å²) >= 11 is 0. The highest BCUT2D eigenvalue weighted by atomic mass is 32.2. The Kier molecular flexibility index (Phi) is 1.87. The maximum atomic E-state index is 10.9. The molecule has 0 bridgehead atoms. The summed E-state index contributed by atoms with van der Waals surface area (Å²) in [6, 6.07) is 5.57. The van der Waals surface area contributed by atoms with Gasteiger partial charge in [-0.05, 0) is 12.1 Å². The van der Waals surface area contributed by atoms with Crippen molar-refractivity contribution in [1.82, 2.24) is 0 Å². The van der Waals surface area contributed by atoms with Crippen molar-refractivity contribution in [3.8, 4) is 5.75 Å². The summed E-state index contributed by atoms with van der Waals surface area (Å²) in [5, 5.41) is 10.9. The van der Waals surface area contributed by atoms with Crippen molar-refractivity contribution in [1.29, 1.82) is 0 Å². The molecule has 0 aromatic heterocycles. The van der Waals surface area contributed by atoms with Gasteiger partial charge in [-0.1, -0.05) is 12.1 Å². The van der Waals surface area contributed by atoms with E-state index < -0.39 is 15.6 Å². The SMILES string of the molecule is CS(=O)(=O)c1ccccc1[O]. The van der Waals surface area contributed by atoms with Crippen molar-refractivity contribution in [3.63, 3.8) is 0 Å². The molecule has 0 fully saturated rings. The number of hydrogen-bond acceptors (Lipinski definition) is 2. The summed E-state index contributed by atoms with van der Waals surface area (Å²) in [7, 11) is -3.35. The van der Waals surface area contributed by atoms with Crippen molar-refractivity contribution >= 4 is 9.84 Å². The standard InChI is InChI=1S/C7H7O3S/c1-11(9,10)7-5-3-2-4-6(7)8/h2-5H,1H3. The molecular weight excluding hydrogens is 164 g/mol. The van der Waals surface area contributed by atoms with Crippen LogP contribution in [0.3, 0.4) is 0 Å². The quantitative estimate of drug-likeness (QED) is 0.638. The number of hydrogen-bond donors (Lipinski definition) is 0. The van der Waals surface area contributed by atoms with Gasteiger partial charge in [0.05, 0.1) is 0 Å². The van der Waals surface area contributed by atoms with Crippen LogP contribution in [0, 0.1) is 0 Å². The Morgan fingerprint density at radius 3 is 2.09 bits per heavy atom. The molecule has 0 spiro atoms. The lowest BCUT2D eigenvalue weighted by Crippen LogP contribution is -1.95. The third-order valence-electron chi connectivity index (χ3n) is 1.25. The van der Waals surface area contributed by atoms with E-state index in [1.54, 1.807) is 0 Å². The average molecular weight is 171 g/mol. The van der Waals surface area contributed by atoms with Gasteiger partial charge in [0.15, 0.2) is 15.6 Å². The van der Waals surface area contributed by atoms with Crippen molar-refractivity contribution in [3.05, 3.63) is 24.3 Å². The largest absolute Gasteiger partial charge is 0.289 e. The number of para-hydroxylation sites is 1. The molecule has 0 aliphatic heterocycles. The van der Waals surface area contributed by atoms with Crippen molar-refractivity contribution in [2.24, 2.45) is 0 Å². The van der Waals surface area contributed by atoms with E-state index in [0.29, 0.717) is 0 Å². The van der Waals surface area contributed by atoms with Crippen LogP contribution in [0.2, 0.25) is 0 Å². The third kappa shape index (κ3) is 1.71. The molecule has 0 saturated carbocycles. The predicted octanol–water partition coefficient (Wildman–Crippen LogP) is 1.23. The van der Waals surface area contributed by atoms with Gasteiger partial charge in [-0.3, -0.25) is 5.11 Å². The molecule has 11 heavy (non-hydrogen) atoms. The average Bonchev–Trinajstić information content (AvgIpc) is 1.86. The third-order valence-corrected chi connectivity index (χ3v) is 2.38. The Bertz CT molecular complexity index is 354. The van der Waals surface area contributed by atoms with Gasteiger partial charge in [0.25, 0.3) is 0 Å². The highest BCUT2D eigenvalue weighted by molar-refractivity contribution is 7.90. The molecular formula is C7H7O3S. The molecule has 1 radical (unpaired) electrons. The fourth-order valence-electron chi connectivity index (χ4n) is 0.756. The van der Waals surface area contributed by atoms with Crippen molar-refractivity contribution < 1.29 is 13.5 Å². The van der Waals surface area contributed by atoms with Gasteiger partial charge in [-0.15, -0.1) is 0 Å². The number of sulfone groups is 1. The van der Waals surface area contributed by atoms with Crippen LogP contribution in [0.25, 0.3) is 0 Å². The van der Waals surface area contributed by atoms with Crippen LogP contribution in [0.15, 0.2) is 29.2 Å². The monoisotopic (exact) mass is 171 g/mol. The van der Waals surface area contributed by atoms with E-state index in [0.717, 1.165) is 6.26 Å². The van der Waals surface area contributed by atoms with Crippen LogP contribution >= 0.6 is 0 Å². The molecule has 0 N–H and O–H groups in total. The fraction of sp³-hybridized carbons (Fsp3) is 0.143. The van der Waals surface area contributed by atoms with E-state index in [-0.39, 0.29) is 4.90 Å². The Hall–Kier alpha value is -1.03. The summed E-state index contributed by atoms with van der Waals surface area (Å²) in [6.45, 7) is 0. The molecule has 1 aromatic carbocycles. The first-order chi connectivity index (χ1) is 5.02. The molecule has 59 valence electrons. The zero-order chi connectivity index (χ0) is 8.48. The minimum Gasteiger partial charge on any atom is -0.289 e. The van der Waals surface area contributed by atoms with Crippen LogP contribution in [-0.2, 0) is 14.9 Å². The molecule has 0 saturated heterocycles. The zero-order valence-corrected chi connectivity index (χ0v) is 6.76. The zero-order valence-electron chi connectivity index (χ0n) is 5.94. The molecule has 3 nitrogen and oxygen atoms in total. The molecule has 1 rings (SSSR count). The topological polar surface area (TPSA) is 54.0 Å². The van der Waals surface area contributed by atoms with Gasteiger partial charge < -0.3 is 0 Å². The molecule has 0 amide bonds. The first kappa shape index (κ1) is 8.07. The second kappa shape index (κ2) is 2.54. The first-order valence-corrected chi connectivity index (χ1v) is 4.87. The lowest BCUT2D eigenvalue weighted by molar-refractivity contribution is 0.343. The van der Waals surface area contributed by atoms with E-state index >= 15 is 0 Å². The van der Waals surface area contributed by atoms with Crippen molar-refractivity contribution in [2.75, 3.05) is 6.26 Å². The van der Waals surface area contributed by atoms with Gasteiger partial charge in [-0.2, -0.15) is 0 Å². The van der Waals surface area contributed by atoms with Gasteiger partial charge in [0.1, 0.15) is 4.90 Å². The lowest BCUT2D eigenvalue weighted by atomic mass is 10.3.